The number of ether oxygens (including phenoxy) is 2. The van der Waals surface area contributed by atoms with Crippen LogP contribution in [0.2, 0.25) is 0 Å². The number of hydrogen-bond acceptors (Lipinski definition) is 5. The Bertz CT molecular complexity index is 1190. The molecule has 0 unspecified atom stereocenters. The molecule has 0 fully saturated rings. The molecule has 4 rings (SSSR count). The summed E-state index contributed by atoms with van der Waals surface area (Å²) >= 11 is 1.51. The van der Waals surface area contributed by atoms with Gasteiger partial charge in [0.25, 0.3) is 0 Å². The molecule has 4 aromatic rings. The summed E-state index contributed by atoms with van der Waals surface area (Å²) in [5, 5.41) is 9.67. The molecular formula is C24H22FN3O2S. The molecule has 158 valence electrons. The Balaban J connectivity index is 1.80. The van der Waals surface area contributed by atoms with E-state index in [0.29, 0.717) is 23.1 Å². The lowest BCUT2D eigenvalue weighted by Crippen LogP contribution is -2.02. The Hall–Kier alpha value is -3.32. The molecule has 0 N–H and O–H groups in total. The minimum absolute atomic E-state index is 0.248. The molecule has 7 heteroatoms. The first-order chi connectivity index (χ1) is 15.1. The molecule has 5 nitrogen and oxygen atoms in total. The van der Waals surface area contributed by atoms with E-state index in [-0.39, 0.29) is 5.82 Å². The molecule has 31 heavy (non-hydrogen) atoms. The highest BCUT2D eigenvalue weighted by Crippen LogP contribution is 2.34. The highest BCUT2D eigenvalue weighted by atomic mass is 32.2. The summed E-state index contributed by atoms with van der Waals surface area (Å²) in [6.07, 6.45) is 0. The molecule has 0 aliphatic carbocycles. The van der Waals surface area contributed by atoms with Gasteiger partial charge in [-0.05, 0) is 48.4 Å². The van der Waals surface area contributed by atoms with E-state index >= 15 is 0 Å². The summed E-state index contributed by atoms with van der Waals surface area (Å²) in [6, 6.07) is 20.3. The fourth-order valence-electron chi connectivity index (χ4n) is 3.29. The molecule has 0 aliphatic rings. The monoisotopic (exact) mass is 435 g/mol. The van der Waals surface area contributed by atoms with Crippen molar-refractivity contribution < 1.29 is 13.9 Å². The molecule has 0 saturated carbocycles. The number of methoxy groups -OCH3 is 2. The number of thioether (sulfide) groups is 1. The first-order valence-corrected chi connectivity index (χ1v) is 10.7. The molecule has 1 aromatic heterocycles. The molecule has 3 aromatic carbocycles. The van der Waals surface area contributed by atoms with Crippen molar-refractivity contribution in [3.63, 3.8) is 0 Å². The maximum absolute atomic E-state index is 13.6. The topological polar surface area (TPSA) is 49.2 Å². The van der Waals surface area contributed by atoms with E-state index in [2.05, 4.69) is 10.2 Å². The Morgan fingerprint density at radius 2 is 1.65 bits per heavy atom. The van der Waals surface area contributed by atoms with Crippen LogP contribution in [0.5, 0.6) is 11.5 Å². The second-order valence-electron chi connectivity index (χ2n) is 6.95. The lowest BCUT2D eigenvalue weighted by molar-refractivity contribution is 0.394. The average molecular weight is 436 g/mol. The predicted molar refractivity (Wildman–Crippen MR) is 121 cm³/mol. The van der Waals surface area contributed by atoms with E-state index in [1.54, 1.807) is 20.3 Å². The first-order valence-electron chi connectivity index (χ1n) is 9.71. The van der Waals surface area contributed by atoms with Gasteiger partial charge in [0.2, 0.25) is 0 Å². The second-order valence-corrected chi connectivity index (χ2v) is 7.89. The van der Waals surface area contributed by atoms with Gasteiger partial charge in [-0.15, -0.1) is 10.2 Å². The van der Waals surface area contributed by atoms with Crippen LogP contribution in [0.25, 0.3) is 17.1 Å². The SMILES string of the molecule is COc1cc(OC)cc(-c2nnc(SCc3cccc(F)c3)n2-c2ccccc2C)c1. The minimum atomic E-state index is -0.248. The van der Waals surface area contributed by atoms with E-state index < -0.39 is 0 Å². The van der Waals surface area contributed by atoms with Gasteiger partial charge in [-0.25, -0.2) is 4.39 Å². The quantitative estimate of drug-likeness (QED) is 0.349. The standard InChI is InChI=1S/C24H22FN3O2S/c1-16-7-4-5-10-22(16)28-23(18-12-20(29-2)14-21(13-18)30-3)26-27-24(28)31-15-17-8-6-9-19(25)11-17/h4-14H,15H2,1-3H3. The summed E-state index contributed by atoms with van der Waals surface area (Å²) in [7, 11) is 3.23. The van der Waals surface area contributed by atoms with Crippen LogP contribution in [0.4, 0.5) is 4.39 Å². The van der Waals surface area contributed by atoms with Gasteiger partial charge < -0.3 is 9.47 Å². The third-order valence-electron chi connectivity index (χ3n) is 4.86. The average Bonchev–Trinajstić information content (AvgIpc) is 3.21. The third-order valence-corrected chi connectivity index (χ3v) is 5.86. The molecule has 1 heterocycles. The Morgan fingerprint density at radius 1 is 0.903 bits per heavy atom. The molecule has 0 saturated heterocycles. The Morgan fingerprint density at radius 3 is 2.32 bits per heavy atom. The van der Waals surface area contributed by atoms with E-state index in [1.807, 2.05) is 60.0 Å². The van der Waals surface area contributed by atoms with Crippen LogP contribution in [-0.4, -0.2) is 29.0 Å². The summed E-state index contributed by atoms with van der Waals surface area (Å²) in [6.45, 7) is 2.05. The first kappa shape index (κ1) is 20.9. The molecule has 0 atom stereocenters. The normalized spacial score (nSPS) is 10.8. The summed E-state index contributed by atoms with van der Waals surface area (Å²) in [5.41, 5.74) is 3.77. The zero-order valence-corrected chi connectivity index (χ0v) is 18.3. The molecule has 0 amide bonds. The fraction of sp³-hybridized carbons (Fsp3) is 0.167. The summed E-state index contributed by atoms with van der Waals surface area (Å²) < 4.78 is 26.5. The van der Waals surface area contributed by atoms with Crippen molar-refractivity contribution in [1.82, 2.24) is 14.8 Å². The van der Waals surface area contributed by atoms with Gasteiger partial charge in [0.15, 0.2) is 11.0 Å². The van der Waals surface area contributed by atoms with Crippen LogP contribution in [0, 0.1) is 12.7 Å². The summed E-state index contributed by atoms with van der Waals surface area (Å²) in [5.74, 6) is 2.34. The number of benzene rings is 3. The highest BCUT2D eigenvalue weighted by molar-refractivity contribution is 7.98. The fourth-order valence-corrected chi connectivity index (χ4v) is 4.18. The van der Waals surface area contributed by atoms with E-state index in [9.17, 15) is 4.39 Å². The minimum Gasteiger partial charge on any atom is -0.497 e. The van der Waals surface area contributed by atoms with Gasteiger partial charge in [-0.3, -0.25) is 4.57 Å². The molecule has 0 spiro atoms. The van der Waals surface area contributed by atoms with Gasteiger partial charge in [-0.2, -0.15) is 0 Å². The van der Waals surface area contributed by atoms with Gasteiger partial charge in [-0.1, -0.05) is 42.1 Å². The van der Waals surface area contributed by atoms with E-state index in [4.69, 9.17) is 9.47 Å². The molecular weight excluding hydrogens is 413 g/mol. The van der Waals surface area contributed by atoms with Crippen molar-refractivity contribution in [2.45, 2.75) is 17.8 Å². The van der Waals surface area contributed by atoms with Crippen molar-refractivity contribution in [2.24, 2.45) is 0 Å². The largest absolute Gasteiger partial charge is 0.497 e. The zero-order valence-electron chi connectivity index (χ0n) is 17.5. The van der Waals surface area contributed by atoms with Gasteiger partial charge in [0.05, 0.1) is 19.9 Å². The van der Waals surface area contributed by atoms with Crippen LogP contribution in [0.1, 0.15) is 11.1 Å². The number of aryl methyl sites for hydroxylation is 1. The summed E-state index contributed by atoms with van der Waals surface area (Å²) in [4.78, 5) is 0. The number of aromatic nitrogens is 3. The van der Waals surface area contributed by atoms with Gasteiger partial charge >= 0.3 is 0 Å². The smallest absolute Gasteiger partial charge is 0.196 e. The number of hydrogen-bond donors (Lipinski definition) is 0. The number of para-hydroxylation sites is 1. The van der Waals surface area contributed by atoms with E-state index in [0.717, 1.165) is 27.5 Å². The van der Waals surface area contributed by atoms with Crippen molar-refractivity contribution >= 4 is 11.8 Å². The van der Waals surface area contributed by atoms with Crippen molar-refractivity contribution in [2.75, 3.05) is 14.2 Å². The van der Waals surface area contributed by atoms with Crippen LogP contribution in [0.15, 0.2) is 71.9 Å². The van der Waals surface area contributed by atoms with Gasteiger partial charge in [0, 0.05) is 17.4 Å². The maximum atomic E-state index is 13.6. The second kappa shape index (κ2) is 9.22. The van der Waals surface area contributed by atoms with Crippen LogP contribution in [-0.2, 0) is 5.75 Å². The third kappa shape index (κ3) is 4.56. The maximum Gasteiger partial charge on any atom is 0.196 e. The predicted octanol–water partition coefficient (Wildman–Crippen LogP) is 5.69. The molecule has 0 bridgehead atoms. The molecule has 0 aliphatic heterocycles. The Labute approximate surface area is 184 Å². The van der Waals surface area contributed by atoms with Gasteiger partial charge in [0.1, 0.15) is 17.3 Å². The Kier molecular flexibility index (Phi) is 6.23. The molecule has 0 radical (unpaired) electrons. The van der Waals surface area contributed by atoms with E-state index in [1.165, 1.54) is 23.9 Å². The zero-order chi connectivity index (χ0) is 21.8. The van der Waals surface area contributed by atoms with Crippen LogP contribution in [0.3, 0.4) is 0 Å². The van der Waals surface area contributed by atoms with Crippen molar-refractivity contribution in [3.05, 3.63) is 83.7 Å². The van der Waals surface area contributed by atoms with Crippen molar-refractivity contribution in [3.8, 4) is 28.6 Å². The lowest BCUT2D eigenvalue weighted by Gasteiger charge is -2.14. The van der Waals surface area contributed by atoms with Crippen LogP contribution < -0.4 is 9.47 Å². The number of nitrogens with zero attached hydrogens (tertiary/aromatic N) is 3. The van der Waals surface area contributed by atoms with Crippen LogP contribution >= 0.6 is 11.8 Å². The highest BCUT2D eigenvalue weighted by Gasteiger charge is 2.19. The van der Waals surface area contributed by atoms with Crippen molar-refractivity contribution in [1.29, 1.82) is 0 Å². The number of halogens is 1. The lowest BCUT2D eigenvalue weighted by atomic mass is 10.1. The number of rotatable bonds is 7.